The van der Waals surface area contributed by atoms with Gasteiger partial charge < -0.3 is 14.6 Å². The first kappa shape index (κ1) is 23.6. The first-order chi connectivity index (χ1) is 15.8. The second kappa shape index (κ2) is 10.5. The van der Waals surface area contributed by atoms with Gasteiger partial charge in [-0.1, -0.05) is 24.3 Å². The van der Waals surface area contributed by atoms with Gasteiger partial charge in [-0.15, -0.1) is 0 Å². The molecule has 0 fully saturated rings. The topological polar surface area (TPSA) is 118 Å². The highest BCUT2D eigenvalue weighted by molar-refractivity contribution is 7.92. The van der Waals surface area contributed by atoms with E-state index in [1.54, 1.807) is 42.5 Å². The number of rotatable bonds is 9. The largest absolute Gasteiger partial charge is 0.504 e. The Morgan fingerprint density at radius 1 is 1.03 bits per heavy atom. The van der Waals surface area contributed by atoms with Gasteiger partial charge in [0.1, 0.15) is 12.3 Å². The molecule has 0 spiro atoms. The molecule has 0 saturated heterocycles. The summed E-state index contributed by atoms with van der Waals surface area (Å²) in [7, 11) is -1.16. The zero-order chi connectivity index (χ0) is 23.8. The molecule has 2 N–H and O–H groups in total. The fourth-order valence-corrected chi connectivity index (χ4v) is 4.35. The smallest absolute Gasteiger partial charge is 0.264 e. The van der Waals surface area contributed by atoms with E-state index >= 15 is 0 Å². The molecule has 0 aromatic heterocycles. The van der Waals surface area contributed by atoms with Gasteiger partial charge in [-0.05, 0) is 48.0 Å². The first-order valence-corrected chi connectivity index (χ1v) is 11.2. The Balaban J connectivity index is 1.83. The second-order valence-corrected chi connectivity index (χ2v) is 8.61. The third-order valence-electron chi connectivity index (χ3n) is 4.57. The summed E-state index contributed by atoms with van der Waals surface area (Å²) in [6.07, 6.45) is 1.35. The van der Waals surface area contributed by atoms with Crippen molar-refractivity contribution in [1.82, 2.24) is 5.43 Å². The van der Waals surface area contributed by atoms with Gasteiger partial charge in [-0.3, -0.25) is 9.10 Å². The van der Waals surface area contributed by atoms with Crippen molar-refractivity contribution >= 4 is 27.8 Å². The number of amides is 1. The van der Waals surface area contributed by atoms with Crippen LogP contribution in [0.15, 0.2) is 82.8 Å². The zero-order valence-corrected chi connectivity index (χ0v) is 18.8. The number of sulfonamides is 1. The van der Waals surface area contributed by atoms with Crippen LogP contribution < -0.4 is 19.2 Å². The summed E-state index contributed by atoms with van der Waals surface area (Å²) in [6, 6.07) is 18.8. The van der Waals surface area contributed by atoms with E-state index < -0.39 is 22.5 Å². The number of phenolic OH excluding ortho intramolecular Hbond substituents is 1. The summed E-state index contributed by atoms with van der Waals surface area (Å²) in [5.41, 5.74) is 3.15. The minimum absolute atomic E-state index is 0.0289. The van der Waals surface area contributed by atoms with Gasteiger partial charge >= 0.3 is 0 Å². The van der Waals surface area contributed by atoms with E-state index in [0.29, 0.717) is 11.3 Å². The van der Waals surface area contributed by atoms with Crippen LogP contribution >= 0.6 is 0 Å². The Bertz CT molecular complexity index is 1250. The van der Waals surface area contributed by atoms with Crippen LogP contribution in [0.2, 0.25) is 0 Å². The van der Waals surface area contributed by atoms with Gasteiger partial charge in [0.25, 0.3) is 15.9 Å². The van der Waals surface area contributed by atoms with Crippen LogP contribution in [0.5, 0.6) is 17.2 Å². The fourth-order valence-electron chi connectivity index (χ4n) is 2.92. The van der Waals surface area contributed by atoms with Crippen molar-refractivity contribution in [3.8, 4) is 17.2 Å². The molecule has 0 atom stereocenters. The van der Waals surface area contributed by atoms with Crippen molar-refractivity contribution in [2.75, 3.05) is 25.1 Å². The molecule has 9 nitrogen and oxygen atoms in total. The molecule has 0 aliphatic rings. The summed E-state index contributed by atoms with van der Waals surface area (Å²) >= 11 is 0. The molecule has 172 valence electrons. The minimum atomic E-state index is -4.04. The number of hydrogen-bond donors (Lipinski definition) is 2. The number of benzene rings is 3. The predicted molar refractivity (Wildman–Crippen MR) is 124 cm³/mol. The number of carbonyl (C=O) groups is 1. The number of phenols is 1. The van der Waals surface area contributed by atoms with Crippen molar-refractivity contribution in [1.29, 1.82) is 0 Å². The lowest BCUT2D eigenvalue weighted by Crippen LogP contribution is -2.39. The van der Waals surface area contributed by atoms with E-state index in [9.17, 15) is 18.3 Å². The number of hydrazone groups is 1. The third-order valence-corrected chi connectivity index (χ3v) is 6.35. The molecule has 0 unspecified atom stereocenters. The maximum atomic E-state index is 13.3. The number of aromatic hydroxyl groups is 1. The van der Waals surface area contributed by atoms with Crippen molar-refractivity contribution in [2.24, 2.45) is 5.10 Å². The SMILES string of the molecule is COc1cccc(N(CC(=O)N/N=C\c2ccc(O)c(OC)c2)S(=O)(=O)c2ccccc2)c1. The van der Waals surface area contributed by atoms with E-state index in [2.05, 4.69) is 10.5 Å². The lowest BCUT2D eigenvalue weighted by molar-refractivity contribution is -0.119. The van der Waals surface area contributed by atoms with E-state index in [-0.39, 0.29) is 22.1 Å². The van der Waals surface area contributed by atoms with Gasteiger partial charge in [0.2, 0.25) is 0 Å². The minimum Gasteiger partial charge on any atom is -0.504 e. The quantitative estimate of drug-likeness (QED) is 0.368. The zero-order valence-electron chi connectivity index (χ0n) is 18.0. The van der Waals surface area contributed by atoms with Gasteiger partial charge in [-0.2, -0.15) is 5.10 Å². The molecule has 0 bridgehead atoms. The number of nitrogens with zero attached hydrogens (tertiary/aromatic N) is 2. The summed E-state index contributed by atoms with van der Waals surface area (Å²) in [4.78, 5) is 12.6. The van der Waals surface area contributed by atoms with E-state index in [0.717, 1.165) is 4.31 Å². The standard InChI is InChI=1S/C23H23N3O6S/c1-31-19-8-6-7-18(14-19)26(33(29,30)20-9-4-3-5-10-20)16-23(28)25-24-15-17-11-12-21(27)22(13-17)32-2/h3-15,27H,16H2,1-2H3,(H,25,28)/b24-15-. The van der Waals surface area contributed by atoms with E-state index in [1.165, 1.54) is 50.8 Å². The summed E-state index contributed by atoms with van der Waals surface area (Å²) < 4.78 is 37.8. The summed E-state index contributed by atoms with van der Waals surface area (Å²) in [6.45, 7) is -0.513. The highest BCUT2D eigenvalue weighted by Gasteiger charge is 2.27. The van der Waals surface area contributed by atoms with Crippen LogP contribution in [0.4, 0.5) is 5.69 Å². The van der Waals surface area contributed by atoms with E-state index in [1.807, 2.05) is 0 Å². The lowest BCUT2D eigenvalue weighted by Gasteiger charge is -2.24. The Hall–Kier alpha value is -4.05. The highest BCUT2D eigenvalue weighted by Crippen LogP contribution is 2.27. The summed E-state index contributed by atoms with van der Waals surface area (Å²) in [5.74, 6) is 0.0157. The number of hydrogen-bond acceptors (Lipinski definition) is 7. The first-order valence-electron chi connectivity index (χ1n) is 9.76. The lowest BCUT2D eigenvalue weighted by atomic mass is 10.2. The number of ether oxygens (including phenoxy) is 2. The monoisotopic (exact) mass is 469 g/mol. The molecular formula is C23H23N3O6S. The Morgan fingerprint density at radius 2 is 1.79 bits per heavy atom. The average Bonchev–Trinajstić information content (AvgIpc) is 2.84. The molecule has 33 heavy (non-hydrogen) atoms. The molecule has 0 aliphatic heterocycles. The molecule has 3 aromatic rings. The Labute approximate surface area is 191 Å². The molecule has 0 heterocycles. The van der Waals surface area contributed by atoms with Crippen molar-refractivity contribution in [2.45, 2.75) is 4.90 Å². The molecule has 0 radical (unpaired) electrons. The molecule has 0 saturated carbocycles. The predicted octanol–water partition coefficient (Wildman–Crippen LogP) is 2.76. The molecule has 3 aromatic carbocycles. The Morgan fingerprint density at radius 3 is 2.48 bits per heavy atom. The van der Waals surface area contributed by atoms with Crippen LogP contribution in [-0.4, -0.2) is 46.4 Å². The normalized spacial score (nSPS) is 11.2. The van der Waals surface area contributed by atoms with Crippen LogP contribution in [0.3, 0.4) is 0 Å². The highest BCUT2D eigenvalue weighted by atomic mass is 32.2. The van der Waals surface area contributed by atoms with Gasteiger partial charge in [-0.25, -0.2) is 13.8 Å². The molecule has 10 heteroatoms. The molecule has 3 rings (SSSR count). The Kier molecular flexibility index (Phi) is 7.52. The maximum absolute atomic E-state index is 13.3. The molecule has 0 aliphatic carbocycles. The van der Waals surface area contributed by atoms with E-state index in [4.69, 9.17) is 9.47 Å². The van der Waals surface area contributed by atoms with Gasteiger partial charge in [0.05, 0.1) is 31.0 Å². The molecule has 1 amide bonds. The van der Waals surface area contributed by atoms with Crippen molar-refractivity contribution in [3.63, 3.8) is 0 Å². The fraction of sp³-hybridized carbons (Fsp3) is 0.130. The van der Waals surface area contributed by atoms with Crippen LogP contribution in [0, 0.1) is 0 Å². The second-order valence-electron chi connectivity index (χ2n) is 6.75. The maximum Gasteiger partial charge on any atom is 0.264 e. The number of carbonyl (C=O) groups excluding carboxylic acids is 1. The average molecular weight is 470 g/mol. The third kappa shape index (κ3) is 5.80. The van der Waals surface area contributed by atoms with Crippen molar-refractivity contribution in [3.05, 3.63) is 78.4 Å². The van der Waals surface area contributed by atoms with Crippen LogP contribution in [0.1, 0.15) is 5.56 Å². The van der Waals surface area contributed by atoms with Gasteiger partial charge in [0.15, 0.2) is 11.5 Å². The molecular weight excluding hydrogens is 446 g/mol. The number of anilines is 1. The summed E-state index contributed by atoms with van der Waals surface area (Å²) in [5, 5.41) is 13.5. The van der Waals surface area contributed by atoms with Crippen molar-refractivity contribution < 1.29 is 27.8 Å². The van der Waals surface area contributed by atoms with Crippen LogP contribution in [0.25, 0.3) is 0 Å². The van der Waals surface area contributed by atoms with Crippen LogP contribution in [-0.2, 0) is 14.8 Å². The number of methoxy groups -OCH3 is 2. The van der Waals surface area contributed by atoms with Gasteiger partial charge in [0, 0.05) is 6.07 Å². The number of nitrogens with one attached hydrogen (secondary N) is 1.